The first-order chi connectivity index (χ1) is 13.9. The molecule has 1 N–H and O–H groups in total. The molecule has 0 radical (unpaired) electrons. The lowest BCUT2D eigenvalue weighted by molar-refractivity contribution is 0.0433. The SMILES string of the molecule is COC(=O)O/N=C(\C)C(=O)c1ccc(Sc2ccc(C(=O)OCCO)cc2)cc1. The van der Waals surface area contributed by atoms with Crippen molar-refractivity contribution in [1.29, 1.82) is 0 Å². The van der Waals surface area contributed by atoms with Crippen molar-refractivity contribution in [3.05, 3.63) is 59.7 Å². The fourth-order valence-corrected chi connectivity index (χ4v) is 2.90. The van der Waals surface area contributed by atoms with Crippen LogP contribution in [0.1, 0.15) is 27.6 Å². The molecule has 0 heterocycles. The Morgan fingerprint density at radius 3 is 2.03 bits per heavy atom. The van der Waals surface area contributed by atoms with Crippen molar-refractivity contribution >= 4 is 35.4 Å². The fraction of sp³-hybridized carbons (Fsp3) is 0.200. The molecule has 152 valence electrons. The van der Waals surface area contributed by atoms with Crippen LogP contribution in [0.5, 0.6) is 0 Å². The van der Waals surface area contributed by atoms with Crippen LogP contribution in [0.4, 0.5) is 4.79 Å². The third kappa shape index (κ3) is 6.74. The number of carbonyl (C=O) groups is 3. The number of ketones is 1. The highest BCUT2D eigenvalue weighted by Gasteiger charge is 2.12. The van der Waals surface area contributed by atoms with Crippen molar-refractivity contribution in [2.45, 2.75) is 16.7 Å². The normalized spacial score (nSPS) is 10.9. The first-order valence-corrected chi connectivity index (χ1v) is 9.26. The van der Waals surface area contributed by atoms with Crippen molar-refractivity contribution in [2.24, 2.45) is 5.16 Å². The Kier molecular flexibility index (Phi) is 8.38. The lowest BCUT2D eigenvalue weighted by atomic mass is 10.1. The molecule has 2 rings (SSSR count). The average molecular weight is 417 g/mol. The Morgan fingerprint density at radius 2 is 1.52 bits per heavy atom. The summed E-state index contributed by atoms with van der Waals surface area (Å²) in [5.41, 5.74) is 0.804. The van der Waals surface area contributed by atoms with Gasteiger partial charge in [0.15, 0.2) is 0 Å². The molecule has 9 heteroatoms. The Bertz CT molecular complexity index is 892. The molecule has 2 aromatic rings. The molecule has 2 aromatic carbocycles. The van der Waals surface area contributed by atoms with Gasteiger partial charge in [-0.1, -0.05) is 16.9 Å². The van der Waals surface area contributed by atoms with Gasteiger partial charge in [-0.05, 0) is 55.5 Å². The lowest BCUT2D eigenvalue weighted by Crippen LogP contribution is -2.12. The van der Waals surface area contributed by atoms with Crippen LogP contribution in [-0.4, -0.2) is 49.0 Å². The molecular formula is C20H19NO7S. The fourth-order valence-electron chi connectivity index (χ4n) is 2.08. The zero-order valence-corrected chi connectivity index (χ0v) is 16.6. The van der Waals surface area contributed by atoms with E-state index in [9.17, 15) is 14.4 Å². The van der Waals surface area contributed by atoms with E-state index < -0.39 is 12.1 Å². The van der Waals surface area contributed by atoms with Crippen LogP contribution in [0.3, 0.4) is 0 Å². The molecule has 8 nitrogen and oxygen atoms in total. The number of hydrogen-bond donors (Lipinski definition) is 1. The summed E-state index contributed by atoms with van der Waals surface area (Å²) in [6.45, 7) is 1.17. The van der Waals surface area contributed by atoms with Gasteiger partial charge in [-0.2, -0.15) is 0 Å². The Hall–Kier alpha value is -3.17. The third-order valence-electron chi connectivity index (χ3n) is 3.52. The van der Waals surface area contributed by atoms with Gasteiger partial charge in [0.2, 0.25) is 5.78 Å². The van der Waals surface area contributed by atoms with Crippen LogP contribution < -0.4 is 0 Å². The number of carbonyl (C=O) groups excluding carboxylic acids is 3. The second-order valence-electron chi connectivity index (χ2n) is 5.56. The molecule has 0 atom stereocenters. The van der Waals surface area contributed by atoms with E-state index in [2.05, 4.69) is 14.7 Å². The predicted molar refractivity (Wildman–Crippen MR) is 105 cm³/mol. The minimum absolute atomic E-state index is 0.0134. The van der Waals surface area contributed by atoms with Gasteiger partial charge < -0.3 is 14.6 Å². The molecule has 0 aliphatic rings. The van der Waals surface area contributed by atoms with Gasteiger partial charge in [0.25, 0.3) is 0 Å². The van der Waals surface area contributed by atoms with Gasteiger partial charge in [0.1, 0.15) is 12.3 Å². The molecule has 0 amide bonds. The van der Waals surface area contributed by atoms with Crippen LogP contribution in [-0.2, 0) is 14.3 Å². The highest BCUT2D eigenvalue weighted by atomic mass is 32.2. The number of benzene rings is 2. The number of rotatable bonds is 8. The first-order valence-electron chi connectivity index (χ1n) is 8.45. The summed E-state index contributed by atoms with van der Waals surface area (Å²) in [7, 11) is 1.14. The topological polar surface area (TPSA) is 111 Å². The van der Waals surface area contributed by atoms with Crippen LogP contribution >= 0.6 is 11.8 Å². The van der Waals surface area contributed by atoms with E-state index in [4.69, 9.17) is 9.84 Å². The van der Waals surface area contributed by atoms with E-state index in [-0.39, 0.29) is 24.7 Å². The van der Waals surface area contributed by atoms with Gasteiger partial charge in [0, 0.05) is 15.4 Å². The van der Waals surface area contributed by atoms with Crippen LogP contribution in [0.25, 0.3) is 0 Å². The van der Waals surface area contributed by atoms with Crippen LogP contribution in [0.15, 0.2) is 63.5 Å². The Balaban J connectivity index is 1.99. The van der Waals surface area contributed by atoms with Crippen molar-refractivity contribution in [3.63, 3.8) is 0 Å². The van der Waals surface area contributed by atoms with Crippen LogP contribution in [0.2, 0.25) is 0 Å². The minimum atomic E-state index is -1.00. The monoisotopic (exact) mass is 417 g/mol. The third-order valence-corrected chi connectivity index (χ3v) is 4.53. The summed E-state index contributed by atoms with van der Waals surface area (Å²) in [5.74, 6) is -0.872. The quantitative estimate of drug-likeness (QED) is 0.229. The largest absolute Gasteiger partial charge is 0.534 e. The summed E-state index contributed by atoms with van der Waals surface area (Å²) in [5, 5.41) is 12.1. The first kappa shape index (κ1) is 22.1. The maximum Gasteiger partial charge on any atom is 0.534 e. The van der Waals surface area contributed by atoms with Crippen LogP contribution in [0, 0.1) is 0 Å². The highest BCUT2D eigenvalue weighted by molar-refractivity contribution is 7.99. The van der Waals surface area contributed by atoms with Crippen molar-refractivity contribution in [3.8, 4) is 0 Å². The second kappa shape index (κ2) is 11.0. The molecule has 0 bridgehead atoms. The molecule has 0 saturated carbocycles. The summed E-state index contributed by atoms with van der Waals surface area (Å²) in [6, 6.07) is 13.7. The maximum absolute atomic E-state index is 12.3. The van der Waals surface area contributed by atoms with E-state index in [1.165, 1.54) is 18.7 Å². The number of nitrogens with zero attached hydrogens (tertiary/aromatic N) is 1. The van der Waals surface area contributed by atoms with Gasteiger partial charge >= 0.3 is 12.1 Å². The summed E-state index contributed by atoms with van der Waals surface area (Å²) < 4.78 is 9.13. The number of methoxy groups -OCH3 is 1. The van der Waals surface area contributed by atoms with Gasteiger partial charge in [-0.15, -0.1) is 0 Å². The van der Waals surface area contributed by atoms with E-state index in [1.54, 1.807) is 48.5 Å². The number of Topliss-reactive ketones (excluding diaryl/α,β-unsaturated/α-hetero) is 1. The minimum Gasteiger partial charge on any atom is -0.460 e. The number of esters is 1. The van der Waals surface area contributed by atoms with E-state index in [0.29, 0.717) is 11.1 Å². The van der Waals surface area contributed by atoms with E-state index in [1.807, 2.05) is 0 Å². The summed E-state index contributed by atoms with van der Waals surface area (Å²) in [4.78, 5) is 41.1. The Labute approximate surface area is 171 Å². The molecular weight excluding hydrogens is 398 g/mol. The summed E-state index contributed by atoms with van der Waals surface area (Å²) in [6.07, 6.45) is -1.00. The summed E-state index contributed by atoms with van der Waals surface area (Å²) >= 11 is 1.45. The molecule has 0 aromatic heterocycles. The maximum atomic E-state index is 12.3. The Morgan fingerprint density at radius 1 is 0.966 bits per heavy atom. The number of aliphatic hydroxyl groups excluding tert-OH is 1. The molecule has 0 fully saturated rings. The molecule has 29 heavy (non-hydrogen) atoms. The standard InChI is InChI=1S/C20H19NO7S/c1-13(21-28-20(25)26-2)18(23)14-3-7-16(8-4-14)29-17-9-5-15(6-10-17)19(24)27-12-11-22/h3-10,22H,11-12H2,1-2H3/b21-13+. The number of hydrogen-bond acceptors (Lipinski definition) is 9. The van der Waals surface area contributed by atoms with Crippen molar-refractivity contribution in [2.75, 3.05) is 20.3 Å². The molecule has 0 aliphatic carbocycles. The van der Waals surface area contributed by atoms with Gasteiger partial charge in [-0.3, -0.25) is 9.63 Å². The molecule has 0 spiro atoms. The smallest absolute Gasteiger partial charge is 0.460 e. The van der Waals surface area contributed by atoms with Gasteiger partial charge in [-0.25, -0.2) is 9.59 Å². The van der Waals surface area contributed by atoms with Gasteiger partial charge in [0.05, 0.1) is 19.3 Å². The van der Waals surface area contributed by atoms with Crippen molar-refractivity contribution in [1.82, 2.24) is 0 Å². The van der Waals surface area contributed by atoms with Crippen molar-refractivity contribution < 1.29 is 33.8 Å². The number of ether oxygens (including phenoxy) is 2. The zero-order chi connectivity index (χ0) is 21.2. The van der Waals surface area contributed by atoms with E-state index >= 15 is 0 Å². The molecule has 0 unspecified atom stereocenters. The second-order valence-corrected chi connectivity index (χ2v) is 6.71. The number of aliphatic hydroxyl groups is 1. The zero-order valence-electron chi connectivity index (χ0n) is 15.8. The van der Waals surface area contributed by atoms with E-state index in [0.717, 1.165) is 16.9 Å². The highest BCUT2D eigenvalue weighted by Crippen LogP contribution is 2.28. The molecule has 0 aliphatic heterocycles. The predicted octanol–water partition coefficient (Wildman–Crippen LogP) is 3.33. The number of oxime groups is 1. The molecule has 0 saturated heterocycles. The lowest BCUT2D eigenvalue weighted by Gasteiger charge is -2.06. The average Bonchev–Trinajstić information content (AvgIpc) is 2.76.